The summed E-state index contributed by atoms with van der Waals surface area (Å²) < 4.78 is 5.03. The van der Waals surface area contributed by atoms with E-state index in [-0.39, 0.29) is 6.42 Å². The lowest BCUT2D eigenvalue weighted by atomic mass is 10.2. The molecule has 0 bridgehead atoms. The third kappa shape index (κ3) is 5.36. The normalized spacial score (nSPS) is 12.0. The first-order chi connectivity index (χ1) is 5.20. The largest absolute Gasteiger partial charge is 0.481 e. The molecule has 0 aromatic heterocycles. The topological polar surface area (TPSA) is 46.5 Å². The Balaban J connectivity index is 3.65. The summed E-state index contributed by atoms with van der Waals surface area (Å²) in [7, 11) is 0. The van der Waals surface area contributed by atoms with Crippen molar-refractivity contribution in [3.05, 3.63) is 25.3 Å². The van der Waals surface area contributed by atoms with Gasteiger partial charge in [-0.2, -0.15) is 0 Å². The van der Waals surface area contributed by atoms with Crippen molar-refractivity contribution in [2.75, 3.05) is 6.61 Å². The molecule has 62 valence electrons. The number of aliphatic carboxylic acids is 1. The zero-order valence-corrected chi connectivity index (χ0v) is 6.32. The van der Waals surface area contributed by atoms with Crippen molar-refractivity contribution in [1.82, 2.24) is 0 Å². The van der Waals surface area contributed by atoms with E-state index in [9.17, 15) is 4.79 Å². The molecule has 0 aliphatic carbocycles. The second-order valence-corrected chi connectivity index (χ2v) is 1.99. The third-order valence-electron chi connectivity index (χ3n) is 1.07. The average molecular weight is 156 g/mol. The minimum Gasteiger partial charge on any atom is -0.481 e. The molecule has 1 atom stereocenters. The summed E-state index contributed by atoms with van der Waals surface area (Å²) in [6.07, 6.45) is 2.58. The fourth-order valence-corrected chi connectivity index (χ4v) is 0.574. The molecule has 3 heteroatoms. The maximum atomic E-state index is 10.2. The van der Waals surface area contributed by atoms with E-state index >= 15 is 0 Å². The van der Waals surface area contributed by atoms with Crippen LogP contribution in [0.25, 0.3) is 0 Å². The third-order valence-corrected chi connectivity index (χ3v) is 1.07. The van der Waals surface area contributed by atoms with Crippen LogP contribution in [-0.2, 0) is 9.53 Å². The fraction of sp³-hybridized carbons (Fsp3) is 0.375. The highest BCUT2D eigenvalue weighted by Gasteiger charge is 2.07. The number of rotatable bonds is 6. The zero-order chi connectivity index (χ0) is 8.69. The van der Waals surface area contributed by atoms with Gasteiger partial charge in [-0.05, 0) is 0 Å². The van der Waals surface area contributed by atoms with E-state index < -0.39 is 12.1 Å². The van der Waals surface area contributed by atoms with Crippen LogP contribution in [0.1, 0.15) is 6.42 Å². The number of hydrogen-bond donors (Lipinski definition) is 1. The molecule has 1 N–H and O–H groups in total. The van der Waals surface area contributed by atoms with Gasteiger partial charge in [0.15, 0.2) is 0 Å². The van der Waals surface area contributed by atoms with Crippen molar-refractivity contribution in [3.63, 3.8) is 0 Å². The first kappa shape index (κ1) is 9.91. The summed E-state index contributed by atoms with van der Waals surface area (Å²) in [5.41, 5.74) is 0. The van der Waals surface area contributed by atoms with E-state index in [0.29, 0.717) is 6.61 Å². The maximum absolute atomic E-state index is 10.2. The first-order valence-electron chi connectivity index (χ1n) is 3.27. The minimum atomic E-state index is -0.890. The van der Waals surface area contributed by atoms with Crippen molar-refractivity contribution in [2.45, 2.75) is 12.5 Å². The van der Waals surface area contributed by atoms with Crippen LogP contribution in [0.5, 0.6) is 0 Å². The Kier molecular flexibility index (Phi) is 5.11. The first-order valence-corrected chi connectivity index (χ1v) is 3.27. The van der Waals surface area contributed by atoms with Crippen LogP contribution in [0.2, 0.25) is 0 Å². The van der Waals surface area contributed by atoms with E-state index in [1.165, 1.54) is 6.08 Å². The summed E-state index contributed by atoms with van der Waals surface area (Å²) in [6, 6.07) is 0. The van der Waals surface area contributed by atoms with Gasteiger partial charge in [0.25, 0.3) is 0 Å². The molecule has 0 aliphatic heterocycles. The van der Waals surface area contributed by atoms with Gasteiger partial charge in [-0.1, -0.05) is 12.2 Å². The lowest BCUT2D eigenvalue weighted by molar-refractivity contribution is -0.139. The van der Waals surface area contributed by atoms with Crippen LogP contribution in [0.15, 0.2) is 25.3 Å². The highest BCUT2D eigenvalue weighted by molar-refractivity contribution is 5.67. The van der Waals surface area contributed by atoms with Crippen molar-refractivity contribution in [2.24, 2.45) is 0 Å². The van der Waals surface area contributed by atoms with Crippen molar-refractivity contribution < 1.29 is 14.6 Å². The van der Waals surface area contributed by atoms with Crippen LogP contribution in [0.4, 0.5) is 0 Å². The van der Waals surface area contributed by atoms with Crippen LogP contribution >= 0.6 is 0 Å². The second kappa shape index (κ2) is 5.68. The van der Waals surface area contributed by atoms with E-state index in [1.807, 2.05) is 0 Å². The lowest BCUT2D eigenvalue weighted by Crippen LogP contribution is -2.14. The molecule has 0 amide bonds. The number of carboxylic acids is 1. The number of hydrogen-bond acceptors (Lipinski definition) is 2. The summed E-state index contributed by atoms with van der Waals surface area (Å²) in [4.78, 5) is 10.2. The van der Waals surface area contributed by atoms with Crippen molar-refractivity contribution in [3.8, 4) is 0 Å². The van der Waals surface area contributed by atoms with Crippen LogP contribution in [0.3, 0.4) is 0 Å². The molecule has 0 saturated carbocycles. The molecule has 0 aromatic carbocycles. The van der Waals surface area contributed by atoms with Gasteiger partial charge in [0.2, 0.25) is 0 Å². The molecule has 1 unspecified atom stereocenters. The number of carboxylic acid groups (broad SMARTS) is 1. The number of ether oxygens (including phenoxy) is 1. The Bertz CT molecular complexity index is 151. The van der Waals surface area contributed by atoms with E-state index in [0.717, 1.165) is 0 Å². The SMILES string of the molecule is C=CCOC(C=C)CC(=O)O. The molecular formula is C8H12O3. The summed E-state index contributed by atoms with van der Waals surface area (Å²) in [5, 5.41) is 8.36. The van der Waals surface area contributed by atoms with Crippen LogP contribution in [0, 0.1) is 0 Å². The molecule has 0 rings (SSSR count). The molecule has 0 spiro atoms. The molecule has 0 fully saturated rings. The molecule has 0 aliphatic rings. The highest BCUT2D eigenvalue weighted by atomic mass is 16.5. The summed E-state index contributed by atoms with van der Waals surface area (Å²) in [5.74, 6) is -0.890. The predicted molar refractivity (Wildman–Crippen MR) is 42.4 cm³/mol. The van der Waals surface area contributed by atoms with Gasteiger partial charge >= 0.3 is 5.97 Å². The Labute approximate surface area is 66.0 Å². The molecular weight excluding hydrogens is 144 g/mol. The number of carbonyl (C=O) groups is 1. The van der Waals surface area contributed by atoms with Crippen molar-refractivity contribution in [1.29, 1.82) is 0 Å². The quantitative estimate of drug-likeness (QED) is 0.588. The van der Waals surface area contributed by atoms with Crippen LogP contribution in [-0.4, -0.2) is 23.8 Å². The van der Waals surface area contributed by atoms with Gasteiger partial charge in [-0.3, -0.25) is 4.79 Å². The standard InChI is InChI=1S/C8H12O3/c1-3-5-11-7(4-2)6-8(9)10/h3-4,7H,1-2,5-6H2,(H,9,10). The molecule has 0 heterocycles. The van der Waals surface area contributed by atoms with Gasteiger partial charge in [0.05, 0.1) is 19.1 Å². The predicted octanol–water partition coefficient (Wildman–Crippen LogP) is 1.22. The monoisotopic (exact) mass is 156 g/mol. The van der Waals surface area contributed by atoms with Gasteiger partial charge < -0.3 is 9.84 Å². The Hall–Kier alpha value is -1.09. The van der Waals surface area contributed by atoms with Gasteiger partial charge in [-0.25, -0.2) is 0 Å². The molecule has 3 nitrogen and oxygen atoms in total. The van der Waals surface area contributed by atoms with Gasteiger partial charge in [0, 0.05) is 0 Å². The summed E-state index contributed by atoms with van der Waals surface area (Å²) in [6.45, 7) is 7.23. The smallest absolute Gasteiger partial charge is 0.306 e. The minimum absolute atomic E-state index is 0.0443. The molecule has 0 radical (unpaired) electrons. The summed E-state index contributed by atoms with van der Waals surface area (Å²) >= 11 is 0. The van der Waals surface area contributed by atoms with Gasteiger partial charge in [0.1, 0.15) is 0 Å². The fourth-order valence-electron chi connectivity index (χ4n) is 0.574. The Morgan fingerprint density at radius 3 is 2.64 bits per heavy atom. The van der Waals surface area contributed by atoms with Crippen molar-refractivity contribution >= 4 is 5.97 Å². The van der Waals surface area contributed by atoms with E-state index in [2.05, 4.69) is 13.2 Å². The maximum Gasteiger partial charge on any atom is 0.306 e. The molecule has 0 saturated heterocycles. The highest BCUT2D eigenvalue weighted by Crippen LogP contribution is 1.99. The van der Waals surface area contributed by atoms with E-state index in [1.54, 1.807) is 6.08 Å². The van der Waals surface area contributed by atoms with E-state index in [4.69, 9.17) is 9.84 Å². The lowest BCUT2D eigenvalue weighted by Gasteiger charge is -2.08. The Morgan fingerprint density at radius 1 is 1.64 bits per heavy atom. The second-order valence-electron chi connectivity index (χ2n) is 1.99. The molecule has 0 aromatic rings. The Morgan fingerprint density at radius 2 is 2.27 bits per heavy atom. The zero-order valence-electron chi connectivity index (χ0n) is 6.32. The van der Waals surface area contributed by atoms with Gasteiger partial charge in [-0.15, -0.1) is 13.2 Å². The average Bonchev–Trinajstić information content (AvgIpc) is 1.97. The molecule has 11 heavy (non-hydrogen) atoms. The van der Waals surface area contributed by atoms with Crippen LogP contribution < -0.4 is 0 Å².